The van der Waals surface area contributed by atoms with Gasteiger partial charge in [-0.05, 0) is 49.7 Å². The summed E-state index contributed by atoms with van der Waals surface area (Å²) in [5, 5.41) is 21.7. The number of carbonyl (C=O) groups is 3. The molecule has 12 nitrogen and oxygen atoms in total. The third kappa shape index (κ3) is 5.10. The third-order valence-electron chi connectivity index (χ3n) is 9.83. The molecule has 3 unspecified atom stereocenters. The number of fused-ring (bicyclic) bond motifs is 4. The highest BCUT2D eigenvalue weighted by atomic mass is 16.6. The maximum Gasteiger partial charge on any atom is 0.345 e. The highest BCUT2D eigenvalue weighted by Gasteiger charge is 2.70. The summed E-state index contributed by atoms with van der Waals surface area (Å²) in [7, 11) is 0. The molecule has 12 heteroatoms. The van der Waals surface area contributed by atoms with Crippen molar-refractivity contribution in [3.8, 4) is 17.1 Å². The fraction of sp³-hybridized carbons (Fsp3) is 0.581. The number of nitrogens with zero attached hydrogens (tertiary/aromatic N) is 1. The van der Waals surface area contributed by atoms with Crippen LogP contribution in [0.15, 0.2) is 39.8 Å². The summed E-state index contributed by atoms with van der Waals surface area (Å²) in [4.78, 5) is 54.1. The van der Waals surface area contributed by atoms with E-state index in [1.54, 1.807) is 25.3 Å². The van der Waals surface area contributed by atoms with Crippen molar-refractivity contribution in [3.63, 3.8) is 0 Å². The van der Waals surface area contributed by atoms with E-state index in [0.29, 0.717) is 18.4 Å². The van der Waals surface area contributed by atoms with E-state index in [1.807, 2.05) is 13.8 Å². The van der Waals surface area contributed by atoms with Crippen LogP contribution in [0.5, 0.6) is 5.75 Å². The molecule has 43 heavy (non-hydrogen) atoms. The Kier molecular flexibility index (Phi) is 7.89. The number of esters is 3. The molecule has 2 saturated carbocycles. The third-order valence-corrected chi connectivity index (χ3v) is 9.83. The van der Waals surface area contributed by atoms with E-state index in [9.17, 15) is 29.4 Å². The van der Waals surface area contributed by atoms with Crippen molar-refractivity contribution in [2.24, 2.45) is 22.7 Å². The van der Waals surface area contributed by atoms with E-state index in [-0.39, 0.29) is 30.1 Å². The largest absolute Gasteiger partial charge is 0.482 e. The van der Waals surface area contributed by atoms with Gasteiger partial charge in [-0.1, -0.05) is 13.8 Å². The van der Waals surface area contributed by atoms with Crippen LogP contribution < -0.4 is 10.4 Å². The SMILES string of the molecule is CC(=O)OCC1(C)C2C[C@H](OC(=O)CO)[C@@]3(C)Oc4cc(-c5cccnc5)oc(=O)c4[C@H](O)C3[C@@]2(C)CC[C@@H]1OC(C)=O. The second kappa shape index (κ2) is 11.1. The van der Waals surface area contributed by atoms with E-state index in [2.05, 4.69) is 4.98 Å². The van der Waals surface area contributed by atoms with Crippen molar-refractivity contribution in [2.75, 3.05) is 13.2 Å². The van der Waals surface area contributed by atoms with Crippen molar-refractivity contribution >= 4 is 17.9 Å². The first-order valence-electron chi connectivity index (χ1n) is 14.3. The molecule has 2 fully saturated rings. The number of aliphatic hydroxyl groups excluding tert-OH is 2. The topological polar surface area (TPSA) is 172 Å². The number of hydrogen-bond donors (Lipinski definition) is 2. The van der Waals surface area contributed by atoms with Crippen LogP contribution in [0.3, 0.4) is 0 Å². The first-order chi connectivity index (χ1) is 20.2. The Morgan fingerprint density at radius 3 is 2.49 bits per heavy atom. The molecule has 0 bridgehead atoms. The fourth-order valence-electron chi connectivity index (χ4n) is 8.03. The van der Waals surface area contributed by atoms with Crippen LogP contribution in [0.1, 0.15) is 65.5 Å². The molecule has 1 aliphatic heterocycles. The Morgan fingerprint density at radius 1 is 1.12 bits per heavy atom. The summed E-state index contributed by atoms with van der Waals surface area (Å²) >= 11 is 0. The Hall–Kier alpha value is -3.77. The summed E-state index contributed by atoms with van der Waals surface area (Å²) in [6.45, 7) is 7.13. The van der Waals surface area contributed by atoms with Gasteiger partial charge in [0, 0.05) is 49.2 Å². The average molecular weight is 600 g/mol. The smallest absolute Gasteiger partial charge is 0.345 e. The summed E-state index contributed by atoms with van der Waals surface area (Å²) < 4.78 is 29.3. The average Bonchev–Trinajstić information content (AvgIpc) is 2.94. The molecule has 8 atom stereocenters. The van der Waals surface area contributed by atoms with Crippen LogP contribution >= 0.6 is 0 Å². The minimum Gasteiger partial charge on any atom is -0.482 e. The lowest BCUT2D eigenvalue weighted by Gasteiger charge is -2.66. The fourth-order valence-corrected chi connectivity index (χ4v) is 8.03. The van der Waals surface area contributed by atoms with Gasteiger partial charge < -0.3 is 33.6 Å². The van der Waals surface area contributed by atoms with E-state index < -0.39 is 76.7 Å². The Balaban J connectivity index is 1.67. The molecule has 2 aromatic heterocycles. The first kappa shape index (κ1) is 30.7. The Bertz CT molecular complexity index is 1470. The maximum atomic E-state index is 13.4. The molecular formula is C31H37NO11. The quantitative estimate of drug-likeness (QED) is 0.368. The zero-order chi connectivity index (χ0) is 31.3. The van der Waals surface area contributed by atoms with Crippen LogP contribution in [0.2, 0.25) is 0 Å². The molecule has 0 saturated heterocycles. The number of rotatable bonds is 6. The number of aromatic nitrogens is 1. The molecule has 0 amide bonds. The lowest BCUT2D eigenvalue weighted by molar-refractivity contribution is -0.271. The summed E-state index contributed by atoms with van der Waals surface area (Å²) in [5.41, 5.74) is -3.45. The second-order valence-electron chi connectivity index (χ2n) is 12.5. The van der Waals surface area contributed by atoms with Crippen LogP contribution in [0.25, 0.3) is 11.3 Å². The van der Waals surface area contributed by atoms with Crippen molar-refractivity contribution in [2.45, 2.75) is 77.8 Å². The first-order valence-corrected chi connectivity index (χ1v) is 14.3. The van der Waals surface area contributed by atoms with Gasteiger partial charge in [0.2, 0.25) is 0 Å². The van der Waals surface area contributed by atoms with E-state index >= 15 is 0 Å². The van der Waals surface area contributed by atoms with Crippen LogP contribution in [0.4, 0.5) is 0 Å². The van der Waals surface area contributed by atoms with Gasteiger partial charge >= 0.3 is 23.5 Å². The normalized spacial score (nSPS) is 34.4. The van der Waals surface area contributed by atoms with Crippen LogP contribution in [-0.4, -0.2) is 64.1 Å². The number of aliphatic hydroxyl groups is 2. The van der Waals surface area contributed by atoms with Gasteiger partial charge in [0.25, 0.3) is 0 Å². The van der Waals surface area contributed by atoms with Crippen molar-refractivity contribution < 1.29 is 48.0 Å². The van der Waals surface area contributed by atoms with Crippen LogP contribution in [0, 0.1) is 22.7 Å². The van der Waals surface area contributed by atoms with Gasteiger partial charge in [0.15, 0.2) is 0 Å². The van der Waals surface area contributed by atoms with Gasteiger partial charge in [-0.15, -0.1) is 0 Å². The standard InChI is InChI=1S/C31H37NO11/c1-16(34)39-15-30(4)21-12-23(42-24(36)14-33)31(5)27(29(21,3)9-8-22(30)40-17(2)35)26(37)25-20(43-31)11-19(41-28(25)38)18-7-6-10-32-13-18/h6-7,10-11,13,21-23,26-27,33,37H,8-9,12,14-15H2,1-5H3/t21?,22-,23-,26-,27?,29-,30?,31+/m0/s1. The summed E-state index contributed by atoms with van der Waals surface area (Å²) in [6, 6.07) is 4.92. The number of carbonyl (C=O) groups excluding carboxylic acids is 3. The molecule has 0 aromatic carbocycles. The molecule has 2 aliphatic carbocycles. The van der Waals surface area contributed by atoms with E-state index in [4.69, 9.17) is 23.4 Å². The zero-order valence-corrected chi connectivity index (χ0v) is 24.8. The summed E-state index contributed by atoms with van der Waals surface area (Å²) in [6.07, 6.45) is 1.03. The van der Waals surface area contributed by atoms with E-state index in [1.165, 1.54) is 26.1 Å². The molecular weight excluding hydrogens is 562 g/mol. The van der Waals surface area contributed by atoms with Gasteiger partial charge in [-0.3, -0.25) is 14.6 Å². The Morgan fingerprint density at radius 2 is 1.86 bits per heavy atom. The van der Waals surface area contributed by atoms with Crippen molar-refractivity contribution in [3.05, 3.63) is 46.6 Å². The van der Waals surface area contributed by atoms with Gasteiger partial charge in [0.1, 0.15) is 48.1 Å². The maximum absolute atomic E-state index is 13.4. The predicted molar refractivity (Wildman–Crippen MR) is 148 cm³/mol. The highest BCUT2D eigenvalue weighted by molar-refractivity contribution is 5.71. The van der Waals surface area contributed by atoms with Gasteiger partial charge in [-0.2, -0.15) is 0 Å². The molecule has 2 N–H and O–H groups in total. The molecule has 3 heterocycles. The monoisotopic (exact) mass is 599 g/mol. The van der Waals surface area contributed by atoms with Gasteiger partial charge in [-0.25, -0.2) is 9.59 Å². The highest BCUT2D eigenvalue weighted by Crippen LogP contribution is 2.67. The van der Waals surface area contributed by atoms with Crippen molar-refractivity contribution in [1.82, 2.24) is 4.98 Å². The molecule has 2 aromatic rings. The second-order valence-corrected chi connectivity index (χ2v) is 12.5. The predicted octanol–water partition coefficient (Wildman–Crippen LogP) is 2.73. The Labute approximate surface area is 248 Å². The van der Waals surface area contributed by atoms with Crippen LogP contribution in [-0.2, 0) is 28.6 Å². The molecule has 232 valence electrons. The number of hydrogen-bond acceptors (Lipinski definition) is 12. The number of ether oxygens (including phenoxy) is 4. The minimum absolute atomic E-state index is 0.0620. The number of pyridine rings is 1. The van der Waals surface area contributed by atoms with E-state index in [0.717, 1.165) is 0 Å². The van der Waals surface area contributed by atoms with Crippen molar-refractivity contribution in [1.29, 1.82) is 0 Å². The molecule has 0 spiro atoms. The minimum atomic E-state index is -1.40. The molecule has 0 radical (unpaired) electrons. The summed E-state index contributed by atoms with van der Waals surface area (Å²) in [5.74, 6) is -2.93. The molecule has 3 aliphatic rings. The lowest BCUT2D eigenvalue weighted by Crippen LogP contribution is -2.71. The lowest BCUT2D eigenvalue weighted by atomic mass is 9.42. The van der Waals surface area contributed by atoms with Gasteiger partial charge in [0.05, 0.1) is 6.10 Å². The molecule has 5 rings (SSSR count). The zero-order valence-electron chi connectivity index (χ0n) is 24.8.